The molecule has 1 rings (SSSR count). The summed E-state index contributed by atoms with van der Waals surface area (Å²) in [5.74, 6) is -0.270. The quantitative estimate of drug-likeness (QED) is 0.553. The van der Waals surface area contributed by atoms with Crippen LogP contribution < -0.4 is 0 Å². The van der Waals surface area contributed by atoms with Crippen molar-refractivity contribution in [3.63, 3.8) is 0 Å². The zero-order valence-electron chi connectivity index (χ0n) is 9.68. The minimum atomic E-state index is -0.424. The van der Waals surface area contributed by atoms with Gasteiger partial charge in [0.05, 0.1) is 5.56 Å². The van der Waals surface area contributed by atoms with E-state index in [2.05, 4.69) is 0 Å². The van der Waals surface area contributed by atoms with Crippen LogP contribution in [0.4, 0.5) is 0 Å². The molecular formula is C11H16BO4. The van der Waals surface area contributed by atoms with Gasteiger partial charge in [-0.1, -0.05) is 18.2 Å². The van der Waals surface area contributed by atoms with E-state index in [1.54, 1.807) is 12.1 Å². The molecule has 0 spiro atoms. The maximum Gasteiger partial charge on any atom is 0.482 e. The fraction of sp³-hybridized carbons (Fsp3) is 0.364. The van der Waals surface area contributed by atoms with Crippen molar-refractivity contribution in [1.29, 1.82) is 0 Å². The van der Waals surface area contributed by atoms with Crippen LogP contribution in [0.1, 0.15) is 31.1 Å². The topological polar surface area (TPSA) is 66.8 Å². The molecule has 87 valence electrons. The number of hydrogen-bond donors (Lipinski definition) is 2. The van der Waals surface area contributed by atoms with Gasteiger partial charge in [-0.15, -0.1) is 0 Å². The van der Waals surface area contributed by atoms with Crippen LogP contribution in [0.2, 0.25) is 0 Å². The summed E-state index contributed by atoms with van der Waals surface area (Å²) in [6, 6.07) is 8.99. The van der Waals surface area contributed by atoms with E-state index in [0.717, 1.165) is 0 Å². The third-order valence-electron chi connectivity index (χ3n) is 1.41. The number of rotatable bonds is 1. The minimum absolute atomic E-state index is 0. The lowest BCUT2D eigenvalue weighted by molar-refractivity contribution is 0.00695. The second-order valence-corrected chi connectivity index (χ2v) is 3.98. The van der Waals surface area contributed by atoms with Gasteiger partial charge in [-0.25, -0.2) is 4.79 Å². The predicted molar refractivity (Wildman–Crippen MR) is 61.8 cm³/mol. The molecule has 0 aliphatic rings. The third-order valence-corrected chi connectivity index (χ3v) is 1.41. The van der Waals surface area contributed by atoms with Crippen LogP contribution in [0, 0.1) is 0 Å². The molecule has 0 saturated heterocycles. The van der Waals surface area contributed by atoms with Crippen LogP contribution in [0.15, 0.2) is 30.3 Å². The van der Waals surface area contributed by atoms with E-state index < -0.39 is 5.60 Å². The van der Waals surface area contributed by atoms with Crippen molar-refractivity contribution < 1.29 is 19.6 Å². The van der Waals surface area contributed by atoms with E-state index in [9.17, 15) is 4.79 Å². The summed E-state index contributed by atoms with van der Waals surface area (Å²) in [7, 11) is 0. The van der Waals surface area contributed by atoms with Gasteiger partial charge in [0.15, 0.2) is 0 Å². The Kier molecular flexibility index (Phi) is 6.45. The Hall–Kier alpha value is -1.33. The number of carbonyl (C=O) groups excluding carboxylic acids is 1. The molecule has 2 N–H and O–H groups in total. The summed E-state index contributed by atoms with van der Waals surface area (Å²) in [5.41, 5.74) is 0.171. The number of esters is 1. The summed E-state index contributed by atoms with van der Waals surface area (Å²) < 4.78 is 5.18. The van der Waals surface area contributed by atoms with E-state index in [1.807, 2.05) is 39.0 Å². The Labute approximate surface area is 96.2 Å². The van der Waals surface area contributed by atoms with Crippen molar-refractivity contribution in [3.8, 4) is 0 Å². The number of benzene rings is 1. The first-order valence-corrected chi connectivity index (χ1v) is 4.79. The van der Waals surface area contributed by atoms with Gasteiger partial charge < -0.3 is 14.8 Å². The number of carbonyl (C=O) groups is 1. The van der Waals surface area contributed by atoms with Crippen LogP contribution in [-0.4, -0.2) is 29.3 Å². The molecule has 4 nitrogen and oxygen atoms in total. The van der Waals surface area contributed by atoms with Crippen molar-refractivity contribution in [2.75, 3.05) is 0 Å². The van der Waals surface area contributed by atoms with Crippen LogP contribution in [0.5, 0.6) is 0 Å². The zero-order chi connectivity index (χ0) is 12.6. The highest BCUT2D eigenvalue weighted by molar-refractivity contribution is 6.13. The molecule has 16 heavy (non-hydrogen) atoms. The van der Waals surface area contributed by atoms with Gasteiger partial charge in [-0.05, 0) is 32.9 Å². The lowest BCUT2D eigenvalue weighted by atomic mass is 10.2. The Morgan fingerprint density at radius 1 is 1.19 bits per heavy atom. The Morgan fingerprint density at radius 2 is 1.62 bits per heavy atom. The van der Waals surface area contributed by atoms with E-state index in [-0.39, 0.29) is 13.7 Å². The monoisotopic (exact) mass is 223 g/mol. The summed E-state index contributed by atoms with van der Waals surface area (Å²) in [6.07, 6.45) is 0. The fourth-order valence-corrected chi connectivity index (χ4v) is 0.911. The van der Waals surface area contributed by atoms with Gasteiger partial charge in [0.1, 0.15) is 5.60 Å². The molecule has 0 aromatic heterocycles. The maximum absolute atomic E-state index is 11.4. The lowest BCUT2D eigenvalue weighted by Crippen LogP contribution is -2.23. The van der Waals surface area contributed by atoms with E-state index in [1.165, 1.54) is 0 Å². The largest absolute Gasteiger partial charge is 0.482 e. The molecule has 0 bridgehead atoms. The molecule has 0 aliphatic heterocycles. The standard InChI is InChI=1S/C11H14O2.BH2O2/c1-11(2,3)13-10(12)9-7-5-4-6-8-9;2-1-3/h4-8H,1-3H3;2-3H. The molecule has 0 unspecified atom stereocenters. The predicted octanol–water partition coefficient (Wildman–Crippen LogP) is 1.15. The van der Waals surface area contributed by atoms with Gasteiger partial charge in [-0.2, -0.15) is 0 Å². The molecule has 0 heterocycles. The first-order valence-electron chi connectivity index (χ1n) is 4.79. The first kappa shape index (κ1) is 14.7. The molecule has 0 fully saturated rings. The van der Waals surface area contributed by atoms with Crippen LogP contribution in [0.3, 0.4) is 0 Å². The van der Waals surface area contributed by atoms with Crippen molar-refractivity contribution in [2.24, 2.45) is 0 Å². The molecule has 1 aromatic carbocycles. The summed E-state index contributed by atoms with van der Waals surface area (Å²) in [4.78, 5) is 11.4. The summed E-state index contributed by atoms with van der Waals surface area (Å²) in [6.45, 7) is 5.56. The molecule has 1 radical (unpaired) electrons. The van der Waals surface area contributed by atoms with Gasteiger partial charge >= 0.3 is 13.7 Å². The Bertz CT molecular complexity index is 306. The van der Waals surface area contributed by atoms with Crippen molar-refractivity contribution in [1.82, 2.24) is 0 Å². The highest BCUT2D eigenvalue weighted by Gasteiger charge is 2.16. The molecule has 0 aliphatic carbocycles. The number of ether oxygens (including phenoxy) is 1. The zero-order valence-corrected chi connectivity index (χ0v) is 9.68. The molecule has 0 amide bonds. The van der Waals surface area contributed by atoms with Crippen LogP contribution >= 0.6 is 0 Å². The van der Waals surface area contributed by atoms with E-state index in [4.69, 9.17) is 14.8 Å². The second-order valence-electron chi connectivity index (χ2n) is 3.98. The Morgan fingerprint density at radius 3 is 2.00 bits per heavy atom. The van der Waals surface area contributed by atoms with Crippen molar-refractivity contribution in [2.45, 2.75) is 26.4 Å². The van der Waals surface area contributed by atoms with Gasteiger partial charge in [0.25, 0.3) is 0 Å². The smallest absolute Gasteiger partial charge is 0.456 e. The van der Waals surface area contributed by atoms with Crippen LogP contribution in [0.25, 0.3) is 0 Å². The molecule has 1 aromatic rings. The maximum atomic E-state index is 11.4. The van der Waals surface area contributed by atoms with E-state index in [0.29, 0.717) is 5.56 Å². The molecule has 0 atom stereocenters. The highest BCUT2D eigenvalue weighted by Crippen LogP contribution is 2.11. The Balaban J connectivity index is 0.000000673. The van der Waals surface area contributed by atoms with Gasteiger partial charge in [0, 0.05) is 0 Å². The average molecular weight is 223 g/mol. The van der Waals surface area contributed by atoms with Gasteiger partial charge in [0.2, 0.25) is 0 Å². The SMILES string of the molecule is CC(C)(C)OC(=O)c1ccccc1.O[B]O. The average Bonchev–Trinajstić information content (AvgIpc) is 2.18. The fourth-order valence-electron chi connectivity index (χ4n) is 0.911. The lowest BCUT2D eigenvalue weighted by Gasteiger charge is -2.19. The normalized spacial score (nSPS) is 9.81. The minimum Gasteiger partial charge on any atom is -0.456 e. The second kappa shape index (κ2) is 7.03. The van der Waals surface area contributed by atoms with Crippen molar-refractivity contribution >= 4 is 13.7 Å². The molecular weight excluding hydrogens is 207 g/mol. The summed E-state index contributed by atoms with van der Waals surface area (Å²) in [5, 5.41) is 14.0. The van der Waals surface area contributed by atoms with Crippen LogP contribution in [-0.2, 0) is 4.74 Å². The third kappa shape index (κ3) is 7.03. The van der Waals surface area contributed by atoms with E-state index >= 15 is 0 Å². The van der Waals surface area contributed by atoms with Gasteiger partial charge in [-0.3, -0.25) is 0 Å². The highest BCUT2D eigenvalue weighted by atomic mass is 16.6. The first-order chi connectivity index (χ1) is 7.40. The van der Waals surface area contributed by atoms with Crippen molar-refractivity contribution in [3.05, 3.63) is 35.9 Å². The molecule has 5 heteroatoms. The number of hydrogen-bond acceptors (Lipinski definition) is 4. The molecule has 0 saturated carbocycles. The summed E-state index contributed by atoms with van der Waals surface area (Å²) >= 11 is 0.